The number of aromatic amines is 1. The molecule has 3 rings (SSSR count). The Labute approximate surface area is 107 Å². The molecular formula is C13H19ClN2O. The monoisotopic (exact) mass is 254 g/mol. The van der Waals surface area contributed by atoms with Gasteiger partial charge in [0.2, 0.25) is 0 Å². The van der Waals surface area contributed by atoms with Crippen LogP contribution in [0, 0.1) is 0 Å². The Morgan fingerprint density at radius 2 is 2.00 bits per heavy atom. The van der Waals surface area contributed by atoms with Gasteiger partial charge < -0.3 is 10.3 Å². The van der Waals surface area contributed by atoms with Crippen LogP contribution in [0.1, 0.15) is 48.6 Å². The van der Waals surface area contributed by atoms with Crippen molar-refractivity contribution in [1.29, 1.82) is 0 Å². The normalized spacial score (nSPS) is 24.1. The lowest BCUT2D eigenvalue weighted by Crippen LogP contribution is -2.29. The second-order valence-electron chi connectivity index (χ2n) is 5.04. The number of aromatic nitrogens is 1. The van der Waals surface area contributed by atoms with Crippen LogP contribution in [0.5, 0.6) is 0 Å². The van der Waals surface area contributed by atoms with Gasteiger partial charge in [-0.1, -0.05) is 0 Å². The van der Waals surface area contributed by atoms with E-state index in [-0.39, 0.29) is 18.0 Å². The molecule has 0 amide bonds. The molecule has 0 aromatic carbocycles. The topological polar surface area (TPSA) is 44.9 Å². The van der Waals surface area contributed by atoms with E-state index < -0.39 is 0 Å². The molecule has 2 aliphatic rings. The number of H-pyrrole nitrogens is 1. The summed E-state index contributed by atoms with van der Waals surface area (Å²) in [7, 11) is 0. The highest BCUT2D eigenvalue weighted by Crippen LogP contribution is 2.39. The molecule has 1 unspecified atom stereocenters. The van der Waals surface area contributed by atoms with Gasteiger partial charge in [0.25, 0.3) is 5.56 Å². The third-order valence-electron chi connectivity index (χ3n) is 3.74. The molecule has 1 saturated carbocycles. The maximum atomic E-state index is 11.7. The molecule has 2 N–H and O–H groups in total. The number of nitrogens with one attached hydrogen (secondary N) is 2. The minimum absolute atomic E-state index is 0. The first-order chi connectivity index (χ1) is 7.84. The van der Waals surface area contributed by atoms with Crippen molar-refractivity contribution in [3.8, 4) is 0 Å². The van der Waals surface area contributed by atoms with E-state index in [4.69, 9.17) is 0 Å². The van der Waals surface area contributed by atoms with Crippen LogP contribution >= 0.6 is 12.4 Å². The average Bonchev–Trinajstić information content (AvgIpc) is 3.15. The smallest absolute Gasteiger partial charge is 0.251 e. The molecule has 1 aliphatic carbocycles. The quantitative estimate of drug-likeness (QED) is 0.849. The average molecular weight is 255 g/mol. The highest BCUT2D eigenvalue weighted by molar-refractivity contribution is 5.85. The Balaban J connectivity index is 0.00000108. The zero-order valence-corrected chi connectivity index (χ0v) is 10.7. The van der Waals surface area contributed by atoms with Crippen LogP contribution < -0.4 is 10.9 Å². The fourth-order valence-electron chi connectivity index (χ4n) is 2.59. The number of pyridine rings is 1. The van der Waals surface area contributed by atoms with Gasteiger partial charge in [0, 0.05) is 18.3 Å². The van der Waals surface area contributed by atoms with Crippen molar-refractivity contribution in [2.75, 3.05) is 13.1 Å². The second-order valence-corrected chi connectivity index (χ2v) is 5.04. The van der Waals surface area contributed by atoms with Gasteiger partial charge in [-0.15, -0.1) is 12.4 Å². The zero-order chi connectivity index (χ0) is 11.0. The molecule has 17 heavy (non-hydrogen) atoms. The molecule has 1 saturated heterocycles. The van der Waals surface area contributed by atoms with Crippen LogP contribution in [-0.4, -0.2) is 18.1 Å². The predicted octanol–water partition coefficient (Wildman–Crippen LogP) is 2.14. The number of hydrogen-bond acceptors (Lipinski definition) is 2. The lowest BCUT2D eigenvalue weighted by atomic mass is 9.91. The van der Waals surface area contributed by atoms with Crippen molar-refractivity contribution in [2.45, 2.75) is 37.5 Å². The first kappa shape index (κ1) is 12.7. The fourth-order valence-corrected chi connectivity index (χ4v) is 2.59. The standard InChI is InChI=1S/C13H18N2O.ClH/c16-13-12(9-3-4-9)6-11(8-15-13)10-2-1-5-14-7-10;/h6,8-10,14H,1-5,7H2,(H,15,16);1H. The van der Waals surface area contributed by atoms with Gasteiger partial charge >= 0.3 is 0 Å². The van der Waals surface area contributed by atoms with Gasteiger partial charge in [0.1, 0.15) is 0 Å². The van der Waals surface area contributed by atoms with E-state index in [0.29, 0.717) is 11.8 Å². The van der Waals surface area contributed by atoms with Crippen LogP contribution in [0.2, 0.25) is 0 Å². The fraction of sp³-hybridized carbons (Fsp3) is 0.615. The summed E-state index contributed by atoms with van der Waals surface area (Å²) in [6, 6.07) is 2.15. The Kier molecular flexibility index (Phi) is 3.89. The molecule has 94 valence electrons. The molecule has 4 heteroatoms. The molecule has 0 radical (unpaired) electrons. The van der Waals surface area contributed by atoms with E-state index in [1.54, 1.807) is 0 Å². The molecule has 2 fully saturated rings. The Morgan fingerprint density at radius 3 is 2.65 bits per heavy atom. The maximum Gasteiger partial charge on any atom is 0.251 e. The molecule has 1 aliphatic heterocycles. The van der Waals surface area contributed by atoms with Gasteiger partial charge in [-0.2, -0.15) is 0 Å². The van der Waals surface area contributed by atoms with E-state index in [1.807, 2.05) is 6.20 Å². The third-order valence-corrected chi connectivity index (χ3v) is 3.74. The molecule has 1 aromatic rings. The van der Waals surface area contributed by atoms with Gasteiger partial charge in [-0.05, 0) is 55.7 Å². The van der Waals surface area contributed by atoms with Crippen molar-refractivity contribution >= 4 is 12.4 Å². The first-order valence-corrected chi connectivity index (χ1v) is 6.28. The summed E-state index contributed by atoms with van der Waals surface area (Å²) in [6.45, 7) is 2.19. The minimum atomic E-state index is 0. The number of hydrogen-bond donors (Lipinski definition) is 2. The van der Waals surface area contributed by atoms with Crippen LogP contribution in [0.3, 0.4) is 0 Å². The van der Waals surface area contributed by atoms with Crippen molar-refractivity contribution < 1.29 is 0 Å². The van der Waals surface area contributed by atoms with Crippen LogP contribution in [0.25, 0.3) is 0 Å². The molecular weight excluding hydrogens is 236 g/mol. The first-order valence-electron chi connectivity index (χ1n) is 6.28. The third kappa shape index (κ3) is 2.72. The second kappa shape index (κ2) is 5.23. The highest BCUT2D eigenvalue weighted by Gasteiger charge is 2.27. The van der Waals surface area contributed by atoms with Gasteiger partial charge in [0.15, 0.2) is 0 Å². The van der Waals surface area contributed by atoms with Gasteiger partial charge in [0.05, 0.1) is 0 Å². The number of halogens is 1. The zero-order valence-electron chi connectivity index (χ0n) is 9.87. The summed E-state index contributed by atoms with van der Waals surface area (Å²) in [5, 5.41) is 3.42. The van der Waals surface area contributed by atoms with Crippen molar-refractivity contribution in [3.63, 3.8) is 0 Å². The summed E-state index contributed by atoms with van der Waals surface area (Å²) in [5.74, 6) is 1.13. The van der Waals surface area contributed by atoms with Crippen LogP contribution in [0.4, 0.5) is 0 Å². The highest BCUT2D eigenvalue weighted by atomic mass is 35.5. The molecule has 0 spiro atoms. The summed E-state index contributed by atoms with van der Waals surface area (Å²) in [6.07, 6.45) is 6.77. The number of piperidine rings is 1. The van der Waals surface area contributed by atoms with E-state index in [9.17, 15) is 4.79 Å². The van der Waals surface area contributed by atoms with Crippen LogP contribution in [-0.2, 0) is 0 Å². The Morgan fingerprint density at radius 1 is 1.18 bits per heavy atom. The Hall–Kier alpha value is -0.800. The number of rotatable bonds is 2. The molecule has 2 heterocycles. The minimum Gasteiger partial charge on any atom is -0.329 e. The summed E-state index contributed by atoms with van der Waals surface area (Å²) >= 11 is 0. The predicted molar refractivity (Wildman–Crippen MR) is 71.1 cm³/mol. The van der Waals surface area contributed by atoms with Crippen molar-refractivity contribution in [3.05, 3.63) is 33.7 Å². The molecule has 0 bridgehead atoms. The summed E-state index contributed by atoms with van der Waals surface area (Å²) in [4.78, 5) is 14.6. The lowest BCUT2D eigenvalue weighted by molar-refractivity contribution is 0.460. The van der Waals surface area contributed by atoms with Crippen molar-refractivity contribution in [1.82, 2.24) is 10.3 Å². The SMILES string of the molecule is Cl.O=c1[nH]cc(C2CCCNC2)cc1C1CC1. The van der Waals surface area contributed by atoms with Gasteiger partial charge in [-0.3, -0.25) is 4.79 Å². The Bertz CT molecular complexity index is 433. The van der Waals surface area contributed by atoms with E-state index in [1.165, 1.54) is 31.2 Å². The van der Waals surface area contributed by atoms with Gasteiger partial charge in [-0.25, -0.2) is 0 Å². The van der Waals surface area contributed by atoms with Crippen LogP contribution in [0.15, 0.2) is 17.1 Å². The van der Waals surface area contributed by atoms with E-state index >= 15 is 0 Å². The lowest BCUT2D eigenvalue weighted by Gasteiger charge is -2.23. The van der Waals surface area contributed by atoms with Crippen molar-refractivity contribution in [2.24, 2.45) is 0 Å². The molecule has 1 atom stereocenters. The molecule has 1 aromatic heterocycles. The maximum absolute atomic E-state index is 11.7. The summed E-state index contributed by atoms with van der Waals surface area (Å²) in [5.41, 5.74) is 2.45. The molecule has 3 nitrogen and oxygen atoms in total. The largest absolute Gasteiger partial charge is 0.329 e. The van der Waals surface area contributed by atoms with E-state index in [2.05, 4.69) is 16.4 Å². The summed E-state index contributed by atoms with van der Waals surface area (Å²) < 4.78 is 0. The van der Waals surface area contributed by atoms with E-state index in [0.717, 1.165) is 18.7 Å².